The van der Waals surface area contributed by atoms with Crippen LogP contribution in [0.25, 0.3) is 0 Å². The Hall–Kier alpha value is -0.670. The Balaban J connectivity index is 2.18. The zero-order valence-corrected chi connectivity index (χ0v) is 6.58. The first kappa shape index (κ1) is 7.00. The zero-order chi connectivity index (χ0) is 7.68. The molecule has 1 saturated heterocycles. The Morgan fingerprint density at radius 2 is 2.18 bits per heavy atom. The van der Waals surface area contributed by atoms with Gasteiger partial charge in [0.05, 0.1) is 18.9 Å². The predicted octanol–water partition coefficient (Wildman–Crippen LogP) is 1.24. The van der Waals surface area contributed by atoms with Crippen molar-refractivity contribution >= 4 is 11.6 Å². The highest BCUT2D eigenvalue weighted by Gasteiger charge is 2.21. The fourth-order valence-corrected chi connectivity index (χ4v) is 1.05. The van der Waals surface area contributed by atoms with Gasteiger partial charge < -0.3 is 4.74 Å². The van der Waals surface area contributed by atoms with Crippen molar-refractivity contribution in [2.45, 2.75) is 5.92 Å². The first-order chi connectivity index (χ1) is 5.36. The molecular formula is C7H7ClN2O. The molecule has 0 amide bonds. The maximum absolute atomic E-state index is 5.57. The van der Waals surface area contributed by atoms with Gasteiger partial charge in [0, 0.05) is 5.92 Å². The summed E-state index contributed by atoms with van der Waals surface area (Å²) < 4.78 is 5.02. The van der Waals surface area contributed by atoms with Crippen LogP contribution in [0.4, 0.5) is 0 Å². The monoisotopic (exact) mass is 170 g/mol. The minimum absolute atomic E-state index is 0.430. The van der Waals surface area contributed by atoms with Crippen molar-refractivity contribution in [2.24, 2.45) is 0 Å². The molecule has 1 fully saturated rings. The minimum atomic E-state index is 0.430. The van der Waals surface area contributed by atoms with Crippen molar-refractivity contribution in [3.8, 4) is 0 Å². The highest BCUT2D eigenvalue weighted by molar-refractivity contribution is 6.29. The summed E-state index contributed by atoms with van der Waals surface area (Å²) in [5.41, 5.74) is 0.973. The Morgan fingerprint density at radius 3 is 2.64 bits per heavy atom. The van der Waals surface area contributed by atoms with Crippen LogP contribution in [-0.4, -0.2) is 23.4 Å². The summed E-state index contributed by atoms with van der Waals surface area (Å²) in [4.78, 5) is 0. The molecular weight excluding hydrogens is 164 g/mol. The molecule has 4 heteroatoms. The quantitative estimate of drug-likeness (QED) is 0.636. The SMILES string of the molecule is Clc1ccc(C2COC2)nn1. The second-order valence-corrected chi connectivity index (χ2v) is 2.90. The molecule has 1 aliphatic rings. The van der Waals surface area contributed by atoms with E-state index in [1.54, 1.807) is 6.07 Å². The van der Waals surface area contributed by atoms with Crippen molar-refractivity contribution in [3.63, 3.8) is 0 Å². The Bertz CT molecular complexity index is 245. The van der Waals surface area contributed by atoms with Gasteiger partial charge in [0.25, 0.3) is 0 Å². The molecule has 0 saturated carbocycles. The van der Waals surface area contributed by atoms with Gasteiger partial charge in [-0.3, -0.25) is 0 Å². The predicted molar refractivity (Wildman–Crippen MR) is 40.6 cm³/mol. The summed E-state index contributed by atoms with van der Waals surface area (Å²) in [5.74, 6) is 0.430. The lowest BCUT2D eigenvalue weighted by Gasteiger charge is -2.24. The molecule has 0 spiro atoms. The van der Waals surface area contributed by atoms with Crippen LogP contribution in [0.2, 0.25) is 5.15 Å². The second kappa shape index (κ2) is 2.75. The lowest BCUT2D eigenvalue weighted by molar-refractivity contribution is 0.00636. The number of hydrogen-bond donors (Lipinski definition) is 0. The molecule has 1 aromatic rings. The van der Waals surface area contributed by atoms with Gasteiger partial charge in [0.1, 0.15) is 0 Å². The summed E-state index contributed by atoms with van der Waals surface area (Å²) in [6.45, 7) is 1.52. The van der Waals surface area contributed by atoms with Crippen LogP contribution in [0.15, 0.2) is 12.1 Å². The molecule has 1 aliphatic heterocycles. The maximum Gasteiger partial charge on any atom is 0.151 e. The summed E-state index contributed by atoms with van der Waals surface area (Å²) in [5, 5.41) is 8.12. The average Bonchev–Trinajstić information content (AvgIpc) is 1.90. The van der Waals surface area contributed by atoms with Crippen LogP contribution in [0.5, 0.6) is 0 Å². The molecule has 0 bridgehead atoms. The van der Waals surface area contributed by atoms with Crippen molar-refractivity contribution < 1.29 is 4.74 Å². The van der Waals surface area contributed by atoms with Crippen molar-refractivity contribution in [2.75, 3.05) is 13.2 Å². The molecule has 0 unspecified atom stereocenters. The molecule has 0 aromatic carbocycles. The molecule has 58 valence electrons. The Morgan fingerprint density at radius 1 is 1.36 bits per heavy atom. The van der Waals surface area contributed by atoms with Crippen LogP contribution < -0.4 is 0 Å². The van der Waals surface area contributed by atoms with Gasteiger partial charge in [-0.15, -0.1) is 5.10 Å². The highest BCUT2D eigenvalue weighted by atomic mass is 35.5. The van der Waals surface area contributed by atoms with E-state index in [-0.39, 0.29) is 0 Å². The van der Waals surface area contributed by atoms with Crippen molar-refractivity contribution in [1.29, 1.82) is 0 Å². The molecule has 0 N–H and O–H groups in total. The summed E-state index contributed by atoms with van der Waals surface area (Å²) in [7, 11) is 0. The molecule has 0 atom stereocenters. The third-order valence-electron chi connectivity index (χ3n) is 1.71. The van der Waals surface area contributed by atoms with Crippen LogP contribution in [0.3, 0.4) is 0 Å². The molecule has 0 aliphatic carbocycles. The normalized spacial score (nSPS) is 17.9. The van der Waals surface area contributed by atoms with Gasteiger partial charge in [0.15, 0.2) is 5.15 Å². The van der Waals surface area contributed by atoms with E-state index in [2.05, 4.69) is 10.2 Å². The Kier molecular flexibility index (Phi) is 1.75. The van der Waals surface area contributed by atoms with Gasteiger partial charge in [-0.1, -0.05) is 11.6 Å². The summed E-state index contributed by atoms with van der Waals surface area (Å²) >= 11 is 5.57. The van der Waals surface area contributed by atoms with E-state index in [1.807, 2.05) is 6.07 Å². The topological polar surface area (TPSA) is 35.0 Å². The van der Waals surface area contributed by atoms with Gasteiger partial charge in [0.2, 0.25) is 0 Å². The molecule has 2 heterocycles. The number of aromatic nitrogens is 2. The summed E-state index contributed by atoms with van der Waals surface area (Å²) in [6, 6.07) is 3.64. The van der Waals surface area contributed by atoms with E-state index in [4.69, 9.17) is 16.3 Å². The van der Waals surface area contributed by atoms with Crippen molar-refractivity contribution in [3.05, 3.63) is 23.0 Å². The van der Waals surface area contributed by atoms with Gasteiger partial charge in [-0.25, -0.2) is 0 Å². The van der Waals surface area contributed by atoms with Crippen LogP contribution >= 0.6 is 11.6 Å². The fourth-order valence-electron chi connectivity index (χ4n) is 0.951. The Labute approximate surface area is 69.3 Å². The number of rotatable bonds is 1. The van der Waals surface area contributed by atoms with Gasteiger partial charge in [-0.2, -0.15) is 5.10 Å². The van der Waals surface area contributed by atoms with E-state index in [9.17, 15) is 0 Å². The number of hydrogen-bond acceptors (Lipinski definition) is 3. The van der Waals surface area contributed by atoms with E-state index in [0.29, 0.717) is 11.1 Å². The largest absolute Gasteiger partial charge is 0.380 e. The lowest BCUT2D eigenvalue weighted by Crippen LogP contribution is -2.26. The van der Waals surface area contributed by atoms with Crippen LogP contribution in [0.1, 0.15) is 11.6 Å². The average molecular weight is 171 g/mol. The minimum Gasteiger partial charge on any atom is -0.380 e. The first-order valence-electron chi connectivity index (χ1n) is 3.43. The number of nitrogens with zero attached hydrogens (tertiary/aromatic N) is 2. The second-order valence-electron chi connectivity index (χ2n) is 2.52. The van der Waals surface area contributed by atoms with E-state index in [1.165, 1.54) is 0 Å². The molecule has 2 rings (SSSR count). The van der Waals surface area contributed by atoms with Crippen molar-refractivity contribution in [1.82, 2.24) is 10.2 Å². The smallest absolute Gasteiger partial charge is 0.151 e. The molecule has 0 radical (unpaired) electrons. The maximum atomic E-state index is 5.57. The molecule has 11 heavy (non-hydrogen) atoms. The highest BCUT2D eigenvalue weighted by Crippen LogP contribution is 2.21. The number of ether oxygens (including phenoxy) is 1. The summed E-state index contributed by atoms with van der Waals surface area (Å²) in [6.07, 6.45) is 0. The standard InChI is InChI=1S/C7H7ClN2O/c8-7-2-1-6(9-10-7)5-3-11-4-5/h1-2,5H,3-4H2. The van der Waals surface area contributed by atoms with Crippen LogP contribution in [-0.2, 0) is 4.74 Å². The fraction of sp³-hybridized carbons (Fsp3) is 0.429. The molecule has 3 nitrogen and oxygen atoms in total. The van der Waals surface area contributed by atoms with E-state index < -0.39 is 0 Å². The lowest BCUT2D eigenvalue weighted by atomic mass is 10.0. The van der Waals surface area contributed by atoms with E-state index >= 15 is 0 Å². The van der Waals surface area contributed by atoms with Gasteiger partial charge in [-0.05, 0) is 12.1 Å². The van der Waals surface area contributed by atoms with Gasteiger partial charge >= 0.3 is 0 Å². The molecule has 1 aromatic heterocycles. The van der Waals surface area contributed by atoms with E-state index in [0.717, 1.165) is 18.9 Å². The third kappa shape index (κ3) is 1.34. The van der Waals surface area contributed by atoms with Crippen LogP contribution in [0, 0.1) is 0 Å². The first-order valence-corrected chi connectivity index (χ1v) is 3.81. The third-order valence-corrected chi connectivity index (χ3v) is 1.91. The number of halogens is 1. The zero-order valence-electron chi connectivity index (χ0n) is 5.83.